The Morgan fingerprint density at radius 2 is 2.09 bits per heavy atom. The standard InChI is InChI=1S/C22H28N8O2/c1-3-24-22(32)27-21-26-19-13-16(15-6-4-9-23-14-15)12-18(30(19)28-21)20(31)25-10-8-17-7-5-11-29(17)2/h4,6,9,12-14,17H,3,5,7-8,10-11H2,1-2H3,(H,25,31)(H2,24,27,28,32). The molecular formula is C22H28N8O2. The number of pyridine rings is 2. The van der Waals surface area contributed by atoms with Crippen LogP contribution in [0, 0.1) is 0 Å². The summed E-state index contributed by atoms with van der Waals surface area (Å²) in [5, 5.41) is 12.6. The Hall–Kier alpha value is -3.53. The maximum atomic E-state index is 13.1. The van der Waals surface area contributed by atoms with Gasteiger partial charge in [0.25, 0.3) is 11.9 Å². The normalized spacial score (nSPS) is 16.2. The van der Waals surface area contributed by atoms with Gasteiger partial charge in [0.1, 0.15) is 5.69 Å². The molecule has 10 nitrogen and oxygen atoms in total. The van der Waals surface area contributed by atoms with Crippen molar-refractivity contribution < 1.29 is 9.59 Å². The highest BCUT2D eigenvalue weighted by Gasteiger charge is 2.21. The molecule has 3 aromatic heterocycles. The minimum absolute atomic E-state index is 0.126. The lowest BCUT2D eigenvalue weighted by Gasteiger charge is -2.19. The molecular weight excluding hydrogens is 408 g/mol. The summed E-state index contributed by atoms with van der Waals surface area (Å²) in [5.74, 6) is -0.114. The number of urea groups is 1. The van der Waals surface area contributed by atoms with Crippen LogP contribution in [0.15, 0.2) is 36.7 Å². The number of nitrogens with one attached hydrogen (secondary N) is 3. The number of rotatable bonds is 7. The van der Waals surface area contributed by atoms with Crippen LogP contribution in [-0.4, -0.2) is 69.1 Å². The van der Waals surface area contributed by atoms with E-state index in [-0.39, 0.29) is 11.9 Å². The number of hydrogen-bond donors (Lipinski definition) is 3. The average molecular weight is 437 g/mol. The summed E-state index contributed by atoms with van der Waals surface area (Å²) >= 11 is 0. The molecule has 168 valence electrons. The monoisotopic (exact) mass is 436 g/mol. The maximum Gasteiger partial charge on any atom is 0.321 e. The number of anilines is 1. The Morgan fingerprint density at radius 3 is 2.81 bits per heavy atom. The van der Waals surface area contributed by atoms with Crippen molar-refractivity contribution in [1.29, 1.82) is 0 Å². The molecule has 0 spiro atoms. The molecule has 4 rings (SSSR count). The molecule has 0 saturated carbocycles. The van der Waals surface area contributed by atoms with E-state index in [0.717, 1.165) is 30.5 Å². The van der Waals surface area contributed by atoms with Gasteiger partial charge in [0.2, 0.25) is 0 Å². The first kappa shape index (κ1) is 21.7. The van der Waals surface area contributed by atoms with Crippen LogP contribution in [0.3, 0.4) is 0 Å². The van der Waals surface area contributed by atoms with Crippen molar-refractivity contribution in [1.82, 2.24) is 35.1 Å². The molecule has 1 aliphatic rings. The SMILES string of the molecule is CCNC(=O)Nc1nc2cc(-c3cccnc3)cc(C(=O)NCCC3CCCN3C)n2n1. The van der Waals surface area contributed by atoms with Crippen LogP contribution in [0.5, 0.6) is 0 Å². The van der Waals surface area contributed by atoms with Crippen LogP contribution >= 0.6 is 0 Å². The maximum absolute atomic E-state index is 13.1. The predicted octanol–water partition coefficient (Wildman–Crippen LogP) is 2.15. The molecule has 10 heteroatoms. The Morgan fingerprint density at radius 1 is 1.22 bits per heavy atom. The predicted molar refractivity (Wildman–Crippen MR) is 122 cm³/mol. The highest BCUT2D eigenvalue weighted by molar-refractivity contribution is 5.95. The van der Waals surface area contributed by atoms with E-state index in [2.05, 4.69) is 43.0 Å². The highest BCUT2D eigenvalue weighted by atomic mass is 16.2. The molecule has 4 heterocycles. The molecule has 0 radical (unpaired) electrons. The number of fused-ring (bicyclic) bond motifs is 1. The van der Waals surface area contributed by atoms with E-state index in [1.165, 1.54) is 10.9 Å². The van der Waals surface area contributed by atoms with Crippen molar-refractivity contribution in [2.45, 2.75) is 32.2 Å². The fourth-order valence-electron chi connectivity index (χ4n) is 3.99. The van der Waals surface area contributed by atoms with Crippen molar-refractivity contribution in [2.24, 2.45) is 0 Å². The van der Waals surface area contributed by atoms with Crippen molar-refractivity contribution in [3.8, 4) is 11.1 Å². The van der Waals surface area contributed by atoms with E-state index < -0.39 is 6.03 Å². The number of likely N-dealkylation sites (tertiary alicyclic amines) is 1. The summed E-state index contributed by atoms with van der Waals surface area (Å²) in [5.41, 5.74) is 2.46. The number of hydrogen-bond acceptors (Lipinski definition) is 6. The summed E-state index contributed by atoms with van der Waals surface area (Å²) in [7, 11) is 2.12. The van der Waals surface area contributed by atoms with Gasteiger partial charge < -0.3 is 15.5 Å². The first-order valence-electron chi connectivity index (χ1n) is 10.9. The zero-order valence-corrected chi connectivity index (χ0v) is 18.3. The summed E-state index contributed by atoms with van der Waals surface area (Å²) in [6.45, 7) is 3.98. The van der Waals surface area contributed by atoms with Crippen LogP contribution in [0.25, 0.3) is 16.8 Å². The molecule has 1 aliphatic heterocycles. The van der Waals surface area contributed by atoms with Crippen molar-refractivity contribution in [2.75, 3.05) is 32.0 Å². The van der Waals surface area contributed by atoms with E-state index in [9.17, 15) is 9.59 Å². The zero-order chi connectivity index (χ0) is 22.5. The minimum atomic E-state index is -0.400. The largest absolute Gasteiger partial charge is 0.351 e. The molecule has 1 unspecified atom stereocenters. The van der Waals surface area contributed by atoms with Crippen molar-refractivity contribution in [3.63, 3.8) is 0 Å². The van der Waals surface area contributed by atoms with Gasteiger partial charge in [-0.15, -0.1) is 5.10 Å². The van der Waals surface area contributed by atoms with E-state index in [1.807, 2.05) is 25.1 Å². The van der Waals surface area contributed by atoms with Gasteiger partial charge in [0.05, 0.1) is 0 Å². The van der Waals surface area contributed by atoms with Gasteiger partial charge >= 0.3 is 6.03 Å². The Labute approximate surface area is 186 Å². The molecule has 0 bridgehead atoms. The number of aromatic nitrogens is 4. The quantitative estimate of drug-likeness (QED) is 0.523. The van der Waals surface area contributed by atoms with E-state index in [0.29, 0.717) is 30.5 Å². The van der Waals surface area contributed by atoms with E-state index in [4.69, 9.17) is 0 Å². The van der Waals surface area contributed by atoms with Gasteiger partial charge in [-0.2, -0.15) is 4.98 Å². The summed E-state index contributed by atoms with van der Waals surface area (Å²) in [6.07, 6.45) is 6.68. The van der Waals surface area contributed by atoms with Gasteiger partial charge in [-0.05, 0) is 63.5 Å². The Bertz CT molecular complexity index is 1100. The molecule has 1 saturated heterocycles. The molecule has 1 fully saturated rings. The van der Waals surface area contributed by atoms with Crippen LogP contribution in [0.4, 0.5) is 10.7 Å². The first-order chi connectivity index (χ1) is 15.5. The topological polar surface area (TPSA) is 117 Å². The minimum Gasteiger partial charge on any atom is -0.351 e. The van der Waals surface area contributed by atoms with E-state index >= 15 is 0 Å². The highest BCUT2D eigenvalue weighted by Crippen LogP contribution is 2.23. The Balaban J connectivity index is 1.61. The molecule has 3 N–H and O–H groups in total. The molecule has 3 amide bonds. The molecule has 3 aromatic rings. The molecule has 1 atom stereocenters. The zero-order valence-electron chi connectivity index (χ0n) is 18.3. The van der Waals surface area contributed by atoms with Crippen molar-refractivity contribution >= 4 is 23.5 Å². The molecule has 0 aliphatic carbocycles. The van der Waals surface area contributed by atoms with Gasteiger partial charge in [0, 0.05) is 37.1 Å². The van der Waals surface area contributed by atoms with Crippen LogP contribution in [0.1, 0.15) is 36.7 Å². The third-order valence-electron chi connectivity index (χ3n) is 5.66. The van der Waals surface area contributed by atoms with Crippen LogP contribution in [-0.2, 0) is 0 Å². The van der Waals surface area contributed by atoms with E-state index in [1.54, 1.807) is 18.5 Å². The fourth-order valence-corrected chi connectivity index (χ4v) is 3.99. The second kappa shape index (κ2) is 9.73. The summed E-state index contributed by atoms with van der Waals surface area (Å²) in [4.78, 5) is 35.9. The number of carbonyl (C=O) groups excluding carboxylic acids is 2. The number of amides is 3. The van der Waals surface area contributed by atoms with Gasteiger partial charge in [-0.3, -0.25) is 15.1 Å². The Kier molecular flexibility index (Phi) is 6.60. The third-order valence-corrected chi connectivity index (χ3v) is 5.66. The fraction of sp³-hybridized carbons (Fsp3) is 0.409. The summed E-state index contributed by atoms with van der Waals surface area (Å²) in [6, 6.07) is 7.44. The summed E-state index contributed by atoms with van der Waals surface area (Å²) < 4.78 is 1.46. The molecule has 0 aromatic carbocycles. The lowest BCUT2D eigenvalue weighted by atomic mass is 10.1. The van der Waals surface area contributed by atoms with Gasteiger partial charge in [0.15, 0.2) is 5.65 Å². The van der Waals surface area contributed by atoms with Crippen LogP contribution in [0.2, 0.25) is 0 Å². The molecule has 32 heavy (non-hydrogen) atoms. The average Bonchev–Trinajstić information content (AvgIpc) is 3.38. The third kappa shape index (κ3) is 4.86. The van der Waals surface area contributed by atoms with Gasteiger partial charge in [-0.25, -0.2) is 9.31 Å². The van der Waals surface area contributed by atoms with Crippen LogP contribution < -0.4 is 16.0 Å². The number of nitrogens with zero attached hydrogens (tertiary/aromatic N) is 5. The lowest BCUT2D eigenvalue weighted by Crippen LogP contribution is -2.32. The van der Waals surface area contributed by atoms with Crippen molar-refractivity contribution in [3.05, 3.63) is 42.4 Å². The second-order valence-corrected chi connectivity index (χ2v) is 7.88. The first-order valence-corrected chi connectivity index (χ1v) is 10.9. The second-order valence-electron chi connectivity index (χ2n) is 7.88. The number of carbonyl (C=O) groups is 2. The smallest absolute Gasteiger partial charge is 0.321 e. The van der Waals surface area contributed by atoms with Gasteiger partial charge in [-0.1, -0.05) is 6.07 Å². The lowest BCUT2D eigenvalue weighted by molar-refractivity contribution is 0.0943.